The normalized spacial score (nSPS) is 11.9. The molecule has 0 aliphatic rings. The summed E-state index contributed by atoms with van der Waals surface area (Å²) >= 11 is 0. The van der Waals surface area contributed by atoms with Gasteiger partial charge in [0.25, 0.3) is 15.9 Å². The van der Waals surface area contributed by atoms with Gasteiger partial charge in [0.15, 0.2) is 0 Å². The van der Waals surface area contributed by atoms with E-state index >= 15 is 0 Å². The zero-order valence-corrected chi connectivity index (χ0v) is 23.2. The van der Waals surface area contributed by atoms with Crippen LogP contribution in [0.2, 0.25) is 0 Å². The second kappa shape index (κ2) is 10.9. The monoisotopic (exact) mass is 545 g/mol. The first-order valence-corrected chi connectivity index (χ1v) is 14.4. The van der Waals surface area contributed by atoms with Crippen LogP contribution in [0.5, 0.6) is 5.75 Å². The minimum absolute atomic E-state index is 0.0513. The van der Waals surface area contributed by atoms with Gasteiger partial charge in [0.05, 0.1) is 28.3 Å². The van der Waals surface area contributed by atoms with E-state index in [0.29, 0.717) is 11.3 Å². The lowest BCUT2D eigenvalue weighted by atomic mass is 10.1. The molecule has 9 nitrogen and oxygen atoms in total. The number of ether oxygens (including phenoxy) is 1. The molecular weight excluding hydrogens is 514 g/mol. The molecule has 0 spiro atoms. The number of aryl methyl sites for hydroxylation is 3. The van der Waals surface area contributed by atoms with Crippen molar-refractivity contribution in [3.05, 3.63) is 76.9 Å². The highest BCUT2D eigenvalue weighted by Crippen LogP contribution is 2.29. The van der Waals surface area contributed by atoms with Gasteiger partial charge < -0.3 is 10.1 Å². The topological polar surface area (TPSA) is 131 Å². The molecular formula is C26H31N3O6S2. The van der Waals surface area contributed by atoms with Gasteiger partial charge in [-0.15, -0.1) is 0 Å². The molecule has 0 aromatic heterocycles. The second-order valence-corrected chi connectivity index (χ2v) is 12.4. The smallest absolute Gasteiger partial charge is 0.262 e. The highest BCUT2D eigenvalue weighted by atomic mass is 32.2. The van der Waals surface area contributed by atoms with Crippen molar-refractivity contribution < 1.29 is 26.4 Å². The maximum Gasteiger partial charge on any atom is 0.262 e. The van der Waals surface area contributed by atoms with Crippen LogP contribution in [-0.4, -0.2) is 35.9 Å². The van der Waals surface area contributed by atoms with Crippen molar-refractivity contribution in [1.82, 2.24) is 4.72 Å². The molecule has 3 N–H and O–H groups in total. The number of anilines is 2. The minimum Gasteiger partial charge on any atom is -0.495 e. The third-order valence-electron chi connectivity index (χ3n) is 5.49. The fraction of sp³-hybridized carbons (Fsp3) is 0.269. The van der Waals surface area contributed by atoms with Crippen LogP contribution in [0.4, 0.5) is 11.4 Å². The van der Waals surface area contributed by atoms with Crippen LogP contribution in [0.15, 0.2) is 64.4 Å². The third-order valence-corrected chi connectivity index (χ3v) is 8.65. The van der Waals surface area contributed by atoms with Crippen molar-refractivity contribution in [2.75, 3.05) is 17.1 Å². The van der Waals surface area contributed by atoms with Gasteiger partial charge >= 0.3 is 0 Å². The van der Waals surface area contributed by atoms with Gasteiger partial charge in [0.2, 0.25) is 10.0 Å². The Morgan fingerprint density at radius 1 is 0.811 bits per heavy atom. The van der Waals surface area contributed by atoms with Crippen molar-refractivity contribution in [3.63, 3.8) is 0 Å². The van der Waals surface area contributed by atoms with Crippen LogP contribution < -0.4 is 19.5 Å². The molecule has 0 heterocycles. The molecule has 0 radical (unpaired) electrons. The summed E-state index contributed by atoms with van der Waals surface area (Å²) < 4.78 is 62.0. The summed E-state index contributed by atoms with van der Waals surface area (Å²) in [5, 5.41) is 2.64. The van der Waals surface area contributed by atoms with Crippen molar-refractivity contribution >= 4 is 37.3 Å². The quantitative estimate of drug-likeness (QED) is 0.366. The Balaban J connectivity index is 1.94. The number of sulfonamides is 2. The predicted octanol–water partition coefficient (Wildman–Crippen LogP) is 4.36. The molecule has 0 saturated heterocycles. The summed E-state index contributed by atoms with van der Waals surface area (Å²) in [4.78, 5) is 13.0. The number of rotatable bonds is 9. The molecule has 1 amide bonds. The Hall–Kier alpha value is -3.41. The van der Waals surface area contributed by atoms with Gasteiger partial charge in [-0.1, -0.05) is 23.8 Å². The van der Waals surface area contributed by atoms with Crippen LogP contribution in [-0.2, 0) is 20.0 Å². The molecule has 0 aliphatic heterocycles. The van der Waals surface area contributed by atoms with Crippen LogP contribution in [0.25, 0.3) is 0 Å². The van der Waals surface area contributed by atoms with Gasteiger partial charge in [-0.3, -0.25) is 9.52 Å². The molecule has 3 aromatic rings. The third kappa shape index (κ3) is 6.68. The van der Waals surface area contributed by atoms with Crippen LogP contribution in [0.3, 0.4) is 0 Å². The van der Waals surface area contributed by atoms with Crippen molar-refractivity contribution in [2.45, 2.75) is 50.5 Å². The molecule has 3 aromatic carbocycles. The Kier molecular flexibility index (Phi) is 8.31. The summed E-state index contributed by atoms with van der Waals surface area (Å²) in [6, 6.07) is 13.4. The van der Waals surface area contributed by atoms with E-state index in [-0.39, 0.29) is 32.8 Å². The Morgan fingerprint density at radius 2 is 1.51 bits per heavy atom. The molecule has 0 saturated carbocycles. The summed E-state index contributed by atoms with van der Waals surface area (Å²) in [5.41, 5.74) is 2.86. The first-order valence-electron chi connectivity index (χ1n) is 11.5. The molecule has 0 unspecified atom stereocenters. The number of benzene rings is 3. The molecule has 0 bridgehead atoms. The zero-order chi connectivity index (χ0) is 27.5. The zero-order valence-electron chi connectivity index (χ0n) is 21.5. The Bertz CT molecular complexity index is 1550. The van der Waals surface area contributed by atoms with E-state index in [4.69, 9.17) is 4.74 Å². The number of hydrogen-bond donors (Lipinski definition) is 3. The fourth-order valence-corrected chi connectivity index (χ4v) is 6.36. The summed E-state index contributed by atoms with van der Waals surface area (Å²) in [5.74, 6) is -0.388. The minimum atomic E-state index is -4.00. The van der Waals surface area contributed by atoms with Gasteiger partial charge in [0, 0.05) is 11.6 Å². The largest absolute Gasteiger partial charge is 0.495 e. The number of nitrogens with one attached hydrogen (secondary N) is 3. The van der Waals surface area contributed by atoms with E-state index in [0.717, 1.165) is 11.1 Å². The maximum atomic E-state index is 13.2. The van der Waals surface area contributed by atoms with E-state index in [2.05, 4.69) is 14.8 Å². The van der Waals surface area contributed by atoms with Crippen molar-refractivity contribution in [2.24, 2.45) is 0 Å². The first kappa shape index (κ1) is 28.2. The van der Waals surface area contributed by atoms with Crippen LogP contribution in [0, 0.1) is 20.8 Å². The lowest BCUT2D eigenvalue weighted by molar-refractivity contribution is 0.102. The van der Waals surface area contributed by atoms with Gasteiger partial charge in [-0.05, 0) is 82.1 Å². The highest BCUT2D eigenvalue weighted by molar-refractivity contribution is 7.92. The number of amides is 1. The standard InChI is InChI=1S/C26H31N3O6S2/c1-16(2)28-36(31,32)21-10-12-24(35-6)23(15-21)27-26(30)20-9-8-18(4)25(14-20)37(33,34)29-22-11-7-17(3)13-19(22)5/h7-16,28-29H,1-6H3,(H,27,30). The Labute approximate surface area is 218 Å². The van der Waals surface area contributed by atoms with E-state index in [1.54, 1.807) is 39.8 Å². The summed E-state index contributed by atoms with van der Waals surface area (Å²) in [7, 11) is -6.43. The molecule has 11 heteroatoms. The summed E-state index contributed by atoms with van der Waals surface area (Å²) in [6.07, 6.45) is 0. The number of carbonyl (C=O) groups is 1. The number of carbonyl (C=O) groups excluding carboxylic acids is 1. The predicted molar refractivity (Wildman–Crippen MR) is 144 cm³/mol. The van der Waals surface area contributed by atoms with Gasteiger partial charge in [-0.25, -0.2) is 21.6 Å². The van der Waals surface area contributed by atoms with E-state index < -0.39 is 26.0 Å². The van der Waals surface area contributed by atoms with E-state index in [1.165, 1.54) is 43.5 Å². The van der Waals surface area contributed by atoms with Crippen LogP contribution >= 0.6 is 0 Å². The number of methoxy groups -OCH3 is 1. The number of hydrogen-bond acceptors (Lipinski definition) is 6. The molecule has 3 rings (SSSR count). The highest BCUT2D eigenvalue weighted by Gasteiger charge is 2.22. The summed E-state index contributed by atoms with van der Waals surface area (Å²) in [6.45, 7) is 8.75. The van der Waals surface area contributed by atoms with E-state index in [1.807, 2.05) is 13.0 Å². The lowest BCUT2D eigenvalue weighted by Crippen LogP contribution is -2.30. The Morgan fingerprint density at radius 3 is 2.14 bits per heavy atom. The molecule has 0 aliphatic carbocycles. The maximum absolute atomic E-state index is 13.2. The fourth-order valence-electron chi connectivity index (χ4n) is 3.68. The van der Waals surface area contributed by atoms with Crippen molar-refractivity contribution in [1.29, 1.82) is 0 Å². The molecule has 0 fully saturated rings. The first-order chi connectivity index (χ1) is 17.2. The lowest BCUT2D eigenvalue weighted by Gasteiger charge is -2.15. The van der Waals surface area contributed by atoms with Crippen molar-refractivity contribution in [3.8, 4) is 5.75 Å². The average Bonchev–Trinajstić information content (AvgIpc) is 2.80. The van der Waals surface area contributed by atoms with Crippen LogP contribution in [0.1, 0.15) is 40.9 Å². The van der Waals surface area contributed by atoms with Gasteiger partial charge in [0.1, 0.15) is 5.75 Å². The van der Waals surface area contributed by atoms with Gasteiger partial charge in [-0.2, -0.15) is 0 Å². The molecule has 37 heavy (non-hydrogen) atoms. The second-order valence-electron chi connectivity index (χ2n) is 9.00. The molecule has 198 valence electrons. The van der Waals surface area contributed by atoms with E-state index in [9.17, 15) is 21.6 Å². The molecule has 0 atom stereocenters. The SMILES string of the molecule is COc1ccc(S(=O)(=O)NC(C)C)cc1NC(=O)c1ccc(C)c(S(=O)(=O)Nc2ccc(C)cc2C)c1. The average molecular weight is 546 g/mol.